The third-order valence-corrected chi connectivity index (χ3v) is 6.43. The number of rotatable bonds is 7. The summed E-state index contributed by atoms with van der Waals surface area (Å²) >= 11 is 0. The smallest absolute Gasteiger partial charge is 0.416 e. The quantitative estimate of drug-likeness (QED) is 0.455. The SMILES string of the molecule is COC(=O)[C@@H]1C[C@@H](NC(=O)c2ccccc2-c2ccc(C(F)(F)F)cc2)CN1Cc1cccc(OC)c1. The summed E-state index contributed by atoms with van der Waals surface area (Å²) in [5.41, 5.74) is 1.55. The van der Waals surface area contributed by atoms with E-state index in [9.17, 15) is 22.8 Å². The molecular formula is C28H27F3N2O4. The number of esters is 1. The molecule has 1 fully saturated rings. The second-order valence-corrected chi connectivity index (χ2v) is 8.85. The van der Waals surface area contributed by atoms with Crippen molar-refractivity contribution in [1.29, 1.82) is 0 Å². The highest BCUT2D eigenvalue weighted by Crippen LogP contribution is 2.32. The summed E-state index contributed by atoms with van der Waals surface area (Å²) in [4.78, 5) is 27.7. The fourth-order valence-corrected chi connectivity index (χ4v) is 4.60. The molecule has 0 radical (unpaired) electrons. The second kappa shape index (κ2) is 11.0. The van der Waals surface area contributed by atoms with Crippen molar-refractivity contribution >= 4 is 11.9 Å². The van der Waals surface area contributed by atoms with E-state index in [0.717, 1.165) is 17.7 Å². The highest BCUT2D eigenvalue weighted by molar-refractivity contribution is 6.01. The lowest BCUT2D eigenvalue weighted by Crippen LogP contribution is -2.37. The van der Waals surface area contributed by atoms with Gasteiger partial charge in [0, 0.05) is 24.7 Å². The molecule has 1 heterocycles. The molecule has 0 saturated carbocycles. The Morgan fingerprint density at radius 3 is 2.41 bits per heavy atom. The third kappa shape index (κ3) is 6.11. The fraction of sp³-hybridized carbons (Fsp3) is 0.286. The Kier molecular flexibility index (Phi) is 7.83. The zero-order valence-corrected chi connectivity index (χ0v) is 20.4. The van der Waals surface area contributed by atoms with Gasteiger partial charge in [-0.05, 0) is 53.4 Å². The van der Waals surface area contributed by atoms with E-state index in [1.54, 1.807) is 31.4 Å². The van der Waals surface area contributed by atoms with E-state index in [1.807, 2.05) is 29.2 Å². The van der Waals surface area contributed by atoms with Crippen LogP contribution in [0.25, 0.3) is 11.1 Å². The summed E-state index contributed by atoms with van der Waals surface area (Å²) in [6, 6.07) is 18.1. The van der Waals surface area contributed by atoms with Gasteiger partial charge in [0.15, 0.2) is 0 Å². The van der Waals surface area contributed by atoms with Gasteiger partial charge in [-0.3, -0.25) is 14.5 Å². The first-order valence-corrected chi connectivity index (χ1v) is 11.7. The maximum Gasteiger partial charge on any atom is 0.416 e. The van der Waals surface area contributed by atoms with Crippen molar-refractivity contribution in [2.24, 2.45) is 0 Å². The predicted molar refractivity (Wildman–Crippen MR) is 132 cm³/mol. The number of hydrogen-bond acceptors (Lipinski definition) is 5. The number of ether oxygens (including phenoxy) is 2. The van der Waals surface area contributed by atoms with Crippen LogP contribution < -0.4 is 10.1 Å². The number of hydrogen-bond donors (Lipinski definition) is 1. The van der Waals surface area contributed by atoms with Gasteiger partial charge >= 0.3 is 12.1 Å². The summed E-state index contributed by atoms with van der Waals surface area (Å²) in [6.07, 6.45) is -4.07. The largest absolute Gasteiger partial charge is 0.497 e. The van der Waals surface area contributed by atoms with E-state index in [4.69, 9.17) is 9.47 Å². The maximum atomic E-state index is 13.3. The molecule has 0 unspecified atom stereocenters. The van der Waals surface area contributed by atoms with E-state index in [0.29, 0.717) is 42.0 Å². The standard InChI is InChI=1S/C28H27F3N2O4/c1-36-22-7-5-6-18(14-22)16-33-17-21(15-25(33)27(35)37-2)32-26(34)24-9-4-3-8-23(24)19-10-12-20(13-11-19)28(29,30)31/h3-14,21,25H,15-17H2,1-2H3,(H,32,34)/t21-,25+/m1/s1. The van der Waals surface area contributed by atoms with Crippen LogP contribution in [0.3, 0.4) is 0 Å². The Morgan fingerprint density at radius 1 is 1.00 bits per heavy atom. The number of likely N-dealkylation sites (tertiary alicyclic amines) is 1. The number of carbonyl (C=O) groups excluding carboxylic acids is 2. The van der Waals surface area contributed by atoms with E-state index >= 15 is 0 Å². The topological polar surface area (TPSA) is 67.9 Å². The fourth-order valence-electron chi connectivity index (χ4n) is 4.60. The summed E-state index contributed by atoms with van der Waals surface area (Å²) in [5, 5.41) is 3.00. The number of nitrogens with zero attached hydrogens (tertiary/aromatic N) is 1. The molecule has 37 heavy (non-hydrogen) atoms. The lowest BCUT2D eigenvalue weighted by atomic mass is 9.98. The Bertz CT molecular complexity index is 1260. The molecule has 9 heteroatoms. The first-order valence-electron chi connectivity index (χ1n) is 11.7. The summed E-state index contributed by atoms with van der Waals surface area (Å²) < 4.78 is 49.2. The molecule has 4 rings (SSSR count). The van der Waals surface area contributed by atoms with Gasteiger partial charge in [-0.15, -0.1) is 0 Å². The minimum absolute atomic E-state index is 0.331. The molecule has 3 aromatic rings. The van der Waals surface area contributed by atoms with Crippen LogP contribution in [0.15, 0.2) is 72.8 Å². The Morgan fingerprint density at radius 2 is 1.73 bits per heavy atom. The number of amides is 1. The van der Waals surface area contributed by atoms with Crippen LogP contribution in [-0.4, -0.2) is 49.6 Å². The van der Waals surface area contributed by atoms with E-state index in [-0.39, 0.29) is 17.9 Å². The molecular weight excluding hydrogens is 485 g/mol. The van der Waals surface area contributed by atoms with Gasteiger partial charge in [-0.25, -0.2) is 0 Å². The Labute approximate surface area is 213 Å². The zero-order chi connectivity index (χ0) is 26.6. The molecule has 1 amide bonds. The zero-order valence-electron chi connectivity index (χ0n) is 20.4. The number of nitrogens with one attached hydrogen (secondary N) is 1. The van der Waals surface area contributed by atoms with Gasteiger partial charge in [-0.2, -0.15) is 13.2 Å². The number of carbonyl (C=O) groups is 2. The highest BCUT2D eigenvalue weighted by atomic mass is 19.4. The van der Waals surface area contributed by atoms with Crippen LogP contribution in [0.2, 0.25) is 0 Å². The molecule has 6 nitrogen and oxygen atoms in total. The molecule has 3 aromatic carbocycles. The van der Waals surface area contributed by atoms with Crippen molar-refractivity contribution < 1.29 is 32.2 Å². The monoisotopic (exact) mass is 512 g/mol. The van der Waals surface area contributed by atoms with Gasteiger partial charge in [0.2, 0.25) is 0 Å². The van der Waals surface area contributed by atoms with Gasteiger partial charge in [0.1, 0.15) is 11.8 Å². The molecule has 1 aliphatic heterocycles. The molecule has 0 aromatic heterocycles. The van der Waals surface area contributed by atoms with Crippen LogP contribution in [0.4, 0.5) is 13.2 Å². The first-order chi connectivity index (χ1) is 17.7. The minimum Gasteiger partial charge on any atom is -0.497 e. The molecule has 1 aliphatic rings. The number of halogens is 3. The average molecular weight is 513 g/mol. The van der Waals surface area contributed by atoms with Crippen LogP contribution in [0.5, 0.6) is 5.75 Å². The summed E-state index contributed by atoms with van der Waals surface area (Å²) in [5.74, 6) is -0.0480. The van der Waals surface area contributed by atoms with Gasteiger partial charge < -0.3 is 14.8 Å². The van der Waals surface area contributed by atoms with E-state index in [1.165, 1.54) is 19.2 Å². The Balaban J connectivity index is 1.51. The van der Waals surface area contributed by atoms with Gasteiger partial charge in [-0.1, -0.05) is 42.5 Å². The number of benzene rings is 3. The molecule has 0 aliphatic carbocycles. The van der Waals surface area contributed by atoms with Crippen molar-refractivity contribution in [2.75, 3.05) is 20.8 Å². The normalized spacial score (nSPS) is 17.9. The van der Waals surface area contributed by atoms with E-state index in [2.05, 4.69) is 5.32 Å². The maximum absolute atomic E-state index is 13.3. The van der Waals surface area contributed by atoms with Crippen LogP contribution in [0, 0.1) is 0 Å². The average Bonchev–Trinajstić information content (AvgIpc) is 3.29. The van der Waals surface area contributed by atoms with Gasteiger partial charge in [0.25, 0.3) is 5.91 Å². The Hall–Kier alpha value is -3.85. The first kappa shape index (κ1) is 26.2. The summed E-state index contributed by atoms with van der Waals surface area (Å²) in [6.45, 7) is 0.886. The van der Waals surface area contributed by atoms with Crippen LogP contribution in [-0.2, 0) is 22.3 Å². The number of methoxy groups -OCH3 is 2. The molecule has 2 atom stereocenters. The third-order valence-electron chi connectivity index (χ3n) is 6.43. The molecule has 0 spiro atoms. The summed E-state index contributed by atoms with van der Waals surface area (Å²) in [7, 11) is 2.92. The van der Waals surface area contributed by atoms with Gasteiger partial charge in [0.05, 0.1) is 19.8 Å². The predicted octanol–water partition coefficient (Wildman–Crippen LogP) is 4.93. The van der Waals surface area contributed by atoms with Crippen molar-refractivity contribution in [2.45, 2.75) is 31.2 Å². The van der Waals surface area contributed by atoms with E-state index < -0.39 is 17.8 Å². The van der Waals surface area contributed by atoms with Crippen molar-refractivity contribution in [3.05, 3.63) is 89.5 Å². The van der Waals surface area contributed by atoms with Crippen molar-refractivity contribution in [3.8, 4) is 16.9 Å². The lowest BCUT2D eigenvalue weighted by Gasteiger charge is -2.22. The molecule has 1 N–H and O–H groups in total. The molecule has 194 valence electrons. The van der Waals surface area contributed by atoms with Crippen LogP contribution >= 0.6 is 0 Å². The van der Waals surface area contributed by atoms with Crippen molar-refractivity contribution in [3.63, 3.8) is 0 Å². The highest BCUT2D eigenvalue weighted by Gasteiger charge is 2.38. The lowest BCUT2D eigenvalue weighted by molar-refractivity contribution is -0.146. The number of alkyl halides is 3. The molecule has 1 saturated heterocycles. The molecule has 0 bridgehead atoms. The second-order valence-electron chi connectivity index (χ2n) is 8.85. The minimum atomic E-state index is -4.44. The van der Waals surface area contributed by atoms with Crippen molar-refractivity contribution in [1.82, 2.24) is 10.2 Å². The van der Waals surface area contributed by atoms with Crippen LogP contribution in [0.1, 0.15) is 27.9 Å².